The maximum atomic E-state index is 11.2. The van der Waals surface area contributed by atoms with Gasteiger partial charge in [-0.1, -0.05) is 30.3 Å². The number of nitrogens with one attached hydrogen (secondary N) is 2. The minimum atomic E-state index is -0.974. The molecule has 3 aliphatic heterocycles. The predicted molar refractivity (Wildman–Crippen MR) is 138 cm³/mol. The minimum absolute atomic E-state index is 0.171. The van der Waals surface area contributed by atoms with Gasteiger partial charge in [0.1, 0.15) is 0 Å². The second-order valence-electron chi connectivity index (χ2n) is 10.0. The topological polar surface area (TPSA) is 84.0 Å². The van der Waals surface area contributed by atoms with E-state index in [9.17, 15) is 9.90 Å². The van der Waals surface area contributed by atoms with E-state index in [4.69, 9.17) is 0 Å². The number of carboxylic acid groups (broad SMARTS) is 1. The largest absolute Gasteiger partial charge is 0.478 e. The number of aliphatic imine (C=N–C) groups is 1. The van der Waals surface area contributed by atoms with Crippen molar-refractivity contribution in [1.29, 1.82) is 0 Å². The summed E-state index contributed by atoms with van der Waals surface area (Å²) in [6, 6.07) is 15.7. The number of carboxylic acids is 1. The van der Waals surface area contributed by atoms with E-state index < -0.39 is 11.8 Å². The number of aliphatic carboxylic acids is 1. The van der Waals surface area contributed by atoms with Crippen molar-refractivity contribution in [3.8, 4) is 11.1 Å². The fourth-order valence-electron chi connectivity index (χ4n) is 5.60. The van der Waals surface area contributed by atoms with Crippen molar-refractivity contribution < 1.29 is 9.90 Å². The van der Waals surface area contributed by atoms with Gasteiger partial charge in [-0.15, -0.1) is 0 Å². The highest BCUT2D eigenvalue weighted by molar-refractivity contribution is 6.08. The molecule has 0 spiro atoms. The highest BCUT2D eigenvalue weighted by Crippen LogP contribution is 2.34. The molecular weight excluding hydrogens is 438 g/mol. The van der Waals surface area contributed by atoms with Crippen LogP contribution in [0.2, 0.25) is 0 Å². The Hall–Kier alpha value is -3.42. The molecule has 4 heterocycles. The molecule has 1 saturated heterocycles. The van der Waals surface area contributed by atoms with E-state index in [1.165, 1.54) is 65.5 Å². The highest BCUT2D eigenvalue weighted by atomic mass is 16.4. The number of carbonyl (C=O) groups is 1. The molecular formula is C28H31N5O2. The zero-order valence-electron chi connectivity index (χ0n) is 20.1. The number of likely N-dealkylation sites (tertiary alicyclic amines) is 1. The van der Waals surface area contributed by atoms with Crippen molar-refractivity contribution in [1.82, 2.24) is 20.1 Å². The van der Waals surface area contributed by atoms with Gasteiger partial charge in [-0.05, 0) is 67.2 Å². The van der Waals surface area contributed by atoms with Crippen LogP contribution in [-0.4, -0.2) is 57.5 Å². The number of aromatic amines is 1. The molecule has 3 N–H and O–H groups in total. The molecule has 0 aliphatic carbocycles. The van der Waals surface area contributed by atoms with Gasteiger partial charge in [0, 0.05) is 55.1 Å². The van der Waals surface area contributed by atoms with Gasteiger partial charge in [0.2, 0.25) is 0 Å². The molecule has 180 valence electrons. The zero-order valence-corrected chi connectivity index (χ0v) is 20.1. The SMILES string of the molecule is CC1(N2CCc3[nH]c4cc(-c5cccc(CN6CCCC6)c5)ccc4c3C2)N=CC(C(=O)O)=CN1. The lowest BCUT2D eigenvalue weighted by Crippen LogP contribution is -2.56. The van der Waals surface area contributed by atoms with E-state index in [2.05, 4.69) is 67.6 Å². The number of nitrogens with zero attached hydrogens (tertiary/aromatic N) is 3. The van der Waals surface area contributed by atoms with Gasteiger partial charge in [-0.3, -0.25) is 9.80 Å². The lowest BCUT2D eigenvalue weighted by molar-refractivity contribution is -0.132. The molecule has 0 bridgehead atoms. The molecule has 6 rings (SSSR count). The van der Waals surface area contributed by atoms with Crippen LogP contribution in [0.15, 0.2) is 59.2 Å². The van der Waals surface area contributed by atoms with Gasteiger partial charge in [-0.25, -0.2) is 9.79 Å². The first-order valence-electron chi connectivity index (χ1n) is 12.5. The maximum absolute atomic E-state index is 11.2. The van der Waals surface area contributed by atoms with Crippen molar-refractivity contribution in [3.63, 3.8) is 0 Å². The Morgan fingerprint density at radius 2 is 1.94 bits per heavy atom. The van der Waals surface area contributed by atoms with Crippen molar-refractivity contribution in [2.75, 3.05) is 19.6 Å². The minimum Gasteiger partial charge on any atom is -0.478 e. The Balaban J connectivity index is 1.24. The second-order valence-corrected chi connectivity index (χ2v) is 10.0. The first-order valence-corrected chi connectivity index (χ1v) is 12.5. The molecule has 0 radical (unpaired) electrons. The summed E-state index contributed by atoms with van der Waals surface area (Å²) in [4.78, 5) is 24.3. The normalized spacial score (nSPS) is 22.7. The van der Waals surface area contributed by atoms with Crippen molar-refractivity contribution >= 4 is 23.1 Å². The molecule has 35 heavy (non-hydrogen) atoms. The van der Waals surface area contributed by atoms with Gasteiger partial charge in [0.05, 0.1) is 5.57 Å². The Bertz CT molecular complexity index is 1350. The van der Waals surface area contributed by atoms with E-state index in [0.717, 1.165) is 31.6 Å². The van der Waals surface area contributed by atoms with E-state index in [0.29, 0.717) is 0 Å². The quantitative estimate of drug-likeness (QED) is 0.524. The van der Waals surface area contributed by atoms with E-state index in [-0.39, 0.29) is 5.57 Å². The van der Waals surface area contributed by atoms with Crippen molar-refractivity contribution in [2.24, 2.45) is 4.99 Å². The molecule has 3 aromatic rings. The summed E-state index contributed by atoms with van der Waals surface area (Å²) in [7, 11) is 0. The van der Waals surface area contributed by atoms with E-state index in [1.807, 2.05) is 6.92 Å². The number of hydrogen-bond acceptors (Lipinski definition) is 5. The number of hydrogen-bond donors (Lipinski definition) is 3. The third-order valence-electron chi connectivity index (χ3n) is 7.66. The van der Waals surface area contributed by atoms with E-state index >= 15 is 0 Å². The Labute approximate surface area is 205 Å². The molecule has 0 saturated carbocycles. The van der Waals surface area contributed by atoms with Crippen LogP contribution in [0, 0.1) is 0 Å². The molecule has 7 nitrogen and oxygen atoms in total. The average Bonchev–Trinajstić information content (AvgIpc) is 3.51. The number of H-pyrrole nitrogens is 1. The average molecular weight is 470 g/mol. The van der Waals surface area contributed by atoms with Crippen LogP contribution in [-0.2, 0) is 24.3 Å². The third-order valence-corrected chi connectivity index (χ3v) is 7.66. The van der Waals surface area contributed by atoms with Crippen LogP contribution in [0.4, 0.5) is 0 Å². The summed E-state index contributed by atoms with van der Waals surface area (Å²) in [5.74, 6) is -1.63. The molecule has 2 aromatic carbocycles. The summed E-state index contributed by atoms with van der Waals surface area (Å²) < 4.78 is 0. The Morgan fingerprint density at radius 1 is 1.11 bits per heavy atom. The van der Waals surface area contributed by atoms with Gasteiger partial charge < -0.3 is 15.4 Å². The van der Waals surface area contributed by atoms with Gasteiger partial charge in [0.25, 0.3) is 0 Å². The van der Waals surface area contributed by atoms with Crippen molar-refractivity contribution in [3.05, 3.63) is 71.1 Å². The Morgan fingerprint density at radius 3 is 2.71 bits per heavy atom. The number of aromatic nitrogens is 1. The summed E-state index contributed by atoms with van der Waals surface area (Å²) in [5, 5.41) is 13.6. The first-order chi connectivity index (χ1) is 17.0. The fraction of sp³-hybridized carbons (Fsp3) is 0.357. The summed E-state index contributed by atoms with van der Waals surface area (Å²) in [6.07, 6.45) is 6.52. The fourth-order valence-corrected chi connectivity index (χ4v) is 5.60. The van der Waals surface area contributed by atoms with Gasteiger partial charge >= 0.3 is 5.97 Å². The van der Waals surface area contributed by atoms with E-state index in [1.54, 1.807) is 6.20 Å². The highest BCUT2D eigenvalue weighted by Gasteiger charge is 2.35. The summed E-state index contributed by atoms with van der Waals surface area (Å²) in [5.41, 5.74) is 7.77. The molecule has 3 aliphatic rings. The third kappa shape index (κ3) is 4.15. The second kappa shape index (κ2) is 8.66. The first kappa shape index (κ1) is 22.1. The van der Waals surface area contributed by atoms with Crippen LogP contribution in [0.5, 0.6) is 0 Å². The Kier molecular flexibility index (Phi) is 5.46. The number of fused-ring (bicyclic) bond motifs is 3. The molecule has 1 fully saturated rings. The lowest BCUT2D eigenvalue weighted by Gasteiger charge is -2.41. The molecule has 7 heteroatoms. The zero-order chi connectivity index (χ0) is 24.0. The standard InChI is InChI=1S/C28H31N5O2/c1-28(29-15-22(16-30-28)27(34)35)33-12-9-25-24(18-33)23-8-7-21(14-26(23)31-25)20-6-4-5-19(13-20)17-32-10-2-3-11-32/h4-8,13-16,29,31H,2-3,9-12,17-18H2,1H3,(H,34,35). The molecule has 1 atom stereocenters. The lowest BCUT2D eigenvalue weighted by atomic mass is 9.99. The van der Waals surface area contributed by atoms with Crippen LogP contribution >= 0.6 is 0 Å². The monoisotopic (exact) mass is 469 g/mol. The summed E-state index contributed by atoms with van der Waals surface area (Å²) in [6.45, 7) is 7.02. The van der Waals surface area contributed by atoms with Crippen molar-refractivity contribution in [2.45, 2.75) is 45.1 Å². The number of benzene rings is 2. The number of rotatable bonds is 5. The van der Waals surface area contributed by atoms with Crippen LogP contribution in [0.1, 0.15) is 36.6 Å². The van der Waals surface area contributed by atoms with Crippen LogP contribution in [0.3, 0.4) is 0 Å². The van der Waals surface area contributed by atoms with Crippen LogP contribution in [0.25, 0.3) is 22.0 Å². The molecule has 1 unspecified atom stereocenters. The van der Waals surface area contributed by atoms with Gasteiger partial charge in [-0.2, -0.15) is 0 Å². The summed E-state index contributed by atoms with van der Waals surface area (Å²) >= 11 is 0. The predicted octanol–water partition coefficient (Wildman–Crippen LogP) is 4.11. The smallest absolute Gasteiger partial charge is 0.338 e. The molecule has 0 amide bonds. The maximum Gasteiger partial charge on any atom is 0.338 e. The molecule has 1 aromatic heterocycles. The van der Waals surface area contributed by atoms with Gasteiger partial charge in [0.15, 0.2) is 5.79 Å². The van der Waals surface area contributed by atoms with Crippen LogP contribution < -0.4 is 5.32 Å².